The predicted octanol–water partition coefficient (Wildman–Crippen LogP) is 2.07. The number of fused-ring (bicyclic) bond motifs is 2. The van der Waals surface area contributed by atoms with Crippen LogP contribution in [0.4, 0.5) is 10.5 Å². The van der Waals surface area contributed by atoms with Crippen LogP contribution in [0.3, 0.4) is 0 Å². The highest BCUT2D eigenvalue weighted by Crippen LogP contribution is 2.36. The van der Waals surface area contributed by atoms with Crippen LogP contribution in [-0.4, -0.2) is 47.6 Å². The summed E-state index contributed by atoms with van der Waals surface area (Å²) in [4.78, 5) is 48.3. The van der Waals surface area contributed by atoms with Crippen LogP contribution in [0, 0.1) is 0 Å². The van der Waals surface area contributed by atoms with Crippen molar-refractivity contribution in [1.29, 1.82) is 0 Å². The van der Waals surface area contributed by atoms with Gasteiger partial charge >= 0.3 is 0 Å². The maximum atomic E-state index is 12.8. The molecule has 2 unspecified atom stereocenters. The Morgan fingerprint density at radius 1 is 1.09 bits per heavy atom. The Hall–Kier alpha value is -3.37. The molecule has 9 nitrogen and oxygen atoms in total. The Morgan fingerprint density at radius 2 is 1.84 bits per heavy atom. The number of nitrogens with one attached hydrogen (secondary N) is 2. The highest BCUT2D eigenvalue weighted by atomic mass is 32.2. The van der Waals surface area contributed by atoms with Crippen LogP contribution in [0.15, 0.2) is 36.4 Å². The first-order valence-electron chi connectivity index (χ1n) is 9.95. The lowest BCUT2D eigenvalue weighted by molar-refractivity contribution is -0.126. The van der Waals surface area contributed by atoms with Gasteiger partial charge in [0, 0.05) is 17.7 Å². The summed E-state index contributed by atoms with van der Waals surface area (Å²) in [5, 5.41) is 4.28. The number of hydrogen-bond acceptors (Lipinski definition) is 8. The highest BCUT2D eigenvalue weighted by Gasteiger charge is 2.32. The number of carbonyl (C=O) groups is 4. The normalized spacial score (nSPS) is 21.7. The Kier molecular flexibility index (Phi) is 5.32. The second kappa shape index (κ2) is 8.29. The molecule has 10 heteroatoms. The second-order valence-corrected chi connectivity index (χ2v) is 8.74. The fourth-order valence-electron chi connectivity index (χ4n) is 3.78. The number of hydrogen-bond donors (Lipinski definition) is 2. The highest BCUT2D eigenvalue weighted by molar-refractivity contribution is 8.15. The van der Waals surface area contributed by atoms with E-state index in [9.17, 15) is 19.2 Å². The molecule has 3 amide bonds. The topological polar surface area (TPSA) is 120 Å². The summed E-state index contributed by atoms with van der Waals surface area (Å²) in [5.74, 6) is 0.180. The Morgan fingerprint density at radius 3 is 2.56 bits per heavy atom. The Balaban J connectivity index is 1.25. The zero-order valence-electron chi connectivity index (χ0n) is 16.7. The van der Waals surface area contributed by atoms with E-state index in [2.05, 4.69) is 10.6 Å². The predicted molar refractivity (Wildman–Crippen MR) is 114 cm³/mol. The van der Waals surface area contributed by atoms with Crippen LogP contribution >= 0.6 is 11.8 Å². The summed E-state index contributed by atoms with van der Waals surface area (Å²) in [7, 11) is 0. The molecule has 2 N–H and O–H groups in total. The number of thioether (sulfide) groups is 1. The maximum absolute atomic E-state index is 12.8. The third-order valence-electron chi connectivity index (χ3n) is 5.42. The first kappa shape index (κ1) is 20.5. The second-order valence-electron chi connectivity index (χ2n) is 7.56. The van der Waals surface area contributed by atoms with Crippen LogP contribution < -0.4 is 20.1 Å². The van der Waals surface area contributed by atoms with Gasteiger partial charge in [-0.2, -0.15) is 0 Å². The van der Waals surface area contributed by atoms with Gasteiger partial charge in [-0.3, -0.25) is 24.5 Å². The van der Waals surface area contributed by atoms with E-state index in [1.807, 2.05) is 0 Å². The lowest BCUT2D eigenvalue weighted by Crippen LogP contribution is -2.32. The summed E-state index contributed by atoms with van der Waals surface area (Å²) in [6, 6.07) is 10.4. The molecule has 2 atom stereocenters. The van der Waals surface area contributed by atoms with Gasteiger partial charge < -0.3 is 19.5 Å². The van der Waals surface area contributed by atoms with E-state index in [0.717, 1.165) is 17.3 Å². The number of anilines is 1. The number of benzene rings is 2. The van der Waals surface area contributed by atoms with E-state index >= 15 is 0 Å². The number of rotatable bonds is 4. The van der Waals surface area contributed by atoms with Crippen molar-refractivity contribution in [1.82, 2.24) is 5.32 Å². The molecule has 5 rings (SSSR count). The molecule has 2 aromatic carbocycles. The van der Waals surface area contributed by atoms with Crippen molar-refractivity contribution in [2.75, 3.05) is 18.7 Å². The smallest absolute Gasteiger partial charge is 0.286 e. The minimum atomic E-state index is -0.843. The van der Waals surface area contributed by atoms with Crippen molar-refractivity contribution in [2.45, 2.75) is 24.2 Å². The molecule has 2 aromatic rings. The summed E-state index contributed by atoms with van der Waals surface area (Å²) < 4.78 is 16.3. The van der Waals surface area contributed by atoms with Gasteiger partial charge in [-0.1, -0.05) is 23.9 Å². The van der Waals surface area contributed by atoms with Gasteiger partial charge in [0.25, 0.3) is 11.1 Å². The van der Waals surface area contributed by atoms with Gasteiger partial charge in [0.1, 0.15) is 12.7 Å². The zero-order chi connectivity index (χ0) is 22.2. The van der Waals surface area contributed by atoms with E-state index in [0.29, 0.717) is 34.7 Å². The Bertz CT molecular complexity index is 1130. The summed E-state index contributed by atoms with van der Waals surface area (Å²) in [6.45, 7) is -0.104. The van der Waals surface area contributed by atoms with Gasteiger partial charge in [0.05, 0.1) is 5.25 Å². The van der Waals surface area contributed by atoms with E-state index in [4.69, 9.17) is 14.2 Å². The molecular weight excluding hydrogens is 436 g/mol. The number of imide groups is 1. The zero-order valence-corrected chi connectivity index (χ0v) is 17.5. The molecule has 3 heterocycles. The van der Waals surface area contributed by atoms with Crippen molar-refractivity contribution in [3.05, 3.63) is 53.1 Å². The molecule has 0 aliphatic carbocycles. The van der Waals surface area contributed by atoms with Gasteiger partial charge in [0.15, 0.2) is 17.3 Å². The maximum Gasteiger partial charge on any atom is 0.286 e. The van der Waals surface area contributed by atoms with Gasteiger partial charge in [0.2, 0.25) is 12.7 Å². The SMILES string of the molecule is O=C1NC(=O)C(Cc2ccc(NC(=O)C3Cc4cc5c(cc4C(=O)CO3)OCO5)cc2)S1. The molecule has 0 bridgehead atoms. The molecule has 0 aromatic heterocycles. The van der Waals surface area contributed by atoms with Crippen molar-refractivity contribution in [2.24, 2.45) is 0 Å². The molecule has 0 radical (unpaired) electrons. The molecule has 1 saturated heterocycles. The molecule has 1 fully saturated rings. The van der Waals surface area contributed by atoms with E-state index in [1.165, 1.54) is 0 Å². The molecule has 164 valence electrons. The number of Topliss-reactive ketones (excluding diaryl/α,β-unsaturated/α-hetero) is 1. The monoisotopic (exact) mass is 454 g/mol. The third-order valence-corrected chi connectivity index (χ3v) is 6.40. The van der Waals surface area contributed by atoms with Crippen LogP contribution in [0.1, 0.15) is 21.5 Å². The number of carbonyl (C=O) groups excluding carboxylic acids is 4. The van der Waals surface area contributed by atoms with Gasteiger partial charge in [-0.25, -0.2) is 0 Å². The van der Waals surface area contributed by atoms with Gasteiger partial charge in [-0.05, 0) is 41.8 Å². The molecule has 32 heavy (non-hydrogen) atoms. The van der Waals surface area contributed by atoms with Crippen LogP contribution in [-0.2, 0) is 27.2 Å². The summed E-state index contributed by atoms with van der Waals surface area (Å²) >= 11 is 0.976. The summed E-state index contributed by atoms with van der Waals surface area (Å²) in [5.41, 5.74) is 2.57. The third kappa shape index (κ3) is 4.06. The molecule has 3 aliphatic heterocycles. The molecule has 0 saturated carbocycles. The minimum Gasteiger partial charge on any atom is -0.454 e. The first-order chi connectivity index (χ1) is 15.5. The van der Waals surface area contributed by atoms with E-state index in [1.54, 1.807) is 36.4 Å². The minimum absolute atomic E-state index is 0.100. The standard InChI is InChI=1S/C22H18N2O7S/c25-15-9-29-18(7-12-6-16-17(8-14(12)15)31-10-30-16)20(26)23-13-3-1-11(2-4-13)5-19-21(27)24-22(28)32-19/h1-4,6,8,18-19H,5,7,9-10H2,(H,23,26)(H,24,27,28). The van der Waals surface area contributed by atoms with Crippen LogP contribution in [0.25, 0.3) is 0 Å². The van der Waals surface area contributed by atoms with Crippen molar-refractivity contribution >= 4 is 40.3 Å². The van der Waals surface area contributed by atoms with Crippen molar-refractivity contribution in [3.63, 3.8) is 0 Å². The number of ether oxygens (including phenoxy) is 3. The fourth-order valence-corrected chi connectivity index (χ4v) is 4.64. The molecule has 3 aliphatic rings. The molecular formula is C22H18N2O7S. The van der Waals surface area contributed by atoms with Crippen LogP contribution in [0.2, 0.25) is 0 Å². The lowest BCUT2D eigenvalue weighted by atomic mass is 9.99. The average Bonchev–Trinajstić information content (AvgIpc) is 3.31. The Labute approximate surface area is 186 Å². The van der Waals surface area contributed by atoms with Crippen molar-refractivity contribution in [3.8, 4) is 11.5 Å². The van der Waals surface area contributed by atoms with Gasteiger partial charge in [-0.15, -0.1) is 0 Å². The van der Waals surface area contributed by atoms with Crippen molar-refractivity contribution < 1.29 is 33.4 Å². The lowest BCUT2D eigenvalue weighted by Gasteiger charge is -2.15. The first-order valence-corrected chi connectivity index (χ1v) is 10.8. The van der Waals surface area contributed by atoms with Crippen LogP contribution in [0.5, 0.6) is 11.5 Å². The molecule has 0 spiro atoms. The van der Waals surface area contributed by atoms with E-state index < -0.39 is 11.4 Å². The number of ketones is 1. The summed E-state index contributed by atoms with van der Waals surface area (Å²) in [6.07, 6.45) is -0.203. The van der Waals surface area contributed by atoms with E-state index in [-0.39, 0.29) is 42.7 Å². The fraction of sp³-hybridized carbons (Fsp3) is 0.273. The largest absolute Gasteiger partial charge is 0.454 e. The number of amides is 3. The average molecular weight is 454 g/mol. The quantitative estimate of drug-likeness (QED) is 0.721.